The fourth-order valence-corrected chi connectivity index (χ4v) is 4.28. The topological polar surface area (TPSA) is 74.7 Å². The number of carbonyl (C=O) groups is 1. The number of carbonyl (C=O) groups excluding carboxylic acids is 1. The van der Waals surface area contributed by atoms with Gasteiger partial charge in [-0.3, -0.25) is 4.79 Å². The van der Waals surface area contributed by atoms with E-state index in [4.69, 9.17) is 0 Å². The van der Waals surface area contributed by atoms with E-state index in [1.807, 2.05) is 0 Å². The van der Waals surface area contributed by atoms with Crippen molar-refractivity contribution in [3.05, 3.63) is 65.7 Å². The van der Waals surface area contributed by atoms with Gasteiger partial charge >= 0.3 is 0 Å². The molecule has 130 valence electrons. The van der Waals surface area contributed by atoms with Gasteiger partial charge in [-0.2, -0.15) is 4.31 Å². The molecule has 0 saturated carbocycles. The predicted octanol–water partition coefficient (Wildman–Crippen LogP) is 3.07. The van der Waals surface area contributed by atoms with E-state index in [0.717, 1.165) is 12.8 Å². The fraction of sp³-hybridized carbons (Fsp3) is 0.211. The lowest BCUT2D eigenvalue weighted by Crippen LogP contribution is -2.27. The van der Waals surface area contributed by atoms with Crippen LogP contribution in [0.3, 0.4) is 0 Å². The molecule has 6 heteroatoms. The largest absolute Gasteiger partial charge is 0.508 e. The number of allylic oxidation sites excluding steroid dienone is 1. The van der Waals surface area contributed by atoms with E-state index < -0.39 is 10.0 Å². The van der Waals surface area contributed by atoms with Crippen molar-refractivity contribution in [1.29, 1.82) is 0 Å². The first-order valence-electron chi connectivity index (χ1n) is 8.08. The lowest BCUT2D eigenvalue weighted by atomic mass is 10.1. The average molecular weight is 357 g/mol. The smallest absolute Gasteiger partial charge is 0.243 e. The Morgan fingerprint density at radius 1 is 1.04 bits per heavy atom. The van der Waals surface area contributed by atoms with E-state index in [2.05, 4.69) is 0 Å². The fourth-order valence-electron chi connectivity index (χ4n) is 2.77. The Morgan fingerprint density at radius 2 is 1.72 bits per heavy atom. The molecule has 0 bridgehead atoms. The molecule has 0 radical (unpaired) electrons. The number of hydrogen-bond donors (Lipinski definition) is 1. The first-order chi connectivity index (χ1) is 12.0. The van der Waals surface area contributed by atoms with Gasteiger partial charge in [0.15, 0.2) is 5.78 Å². The van der Waals surface area contributed by atoms with Gasteiger partial charge in [0.1, 0.15) is 5.75 Å². The average Bonchev–Trinajstić information content (AvgIpc) is 3.15. The quantitative estimate of drug-likeness (QED) is 0.659. The van der Waals surface area contributed by atoms with Crippen LogP contribution < -0.4 is 0 Å². The normalized spacial score (nSPS) is 15.7. The van der Waals surface area contributed by atoms with E-state index in [9.17, 15) is 18.3 Å². The van der Waals surface area contributed by atoms with Gasteiger partial charge in [-0.15, -0.1) is 0 Å². The molecule has 0 amide bonds. The second-order valence-corrected chi connectivity index (χ2v) is 7.87. The van der Waals surface area contributed by atoms with Crippen molar-refractivity contribution in [1.82, 2.24) is 4.31 Å². The zero-order valence-electron chi connectivity index (χ0n) is 13.6. The molecule has 1 aliphatic rings. The van der Waals surface area contributed by atoms with Crippen LogP contribution in [0.4, 0.5) is 0 Å². The van der Waals surface area contributed by atoms with Crippen LogP contribution in [0.2, 0.25) is 0 Å². The molecule has 1 heterocycles. The summed E-state index contributed by atoms with van der Waals surface area (Å²) in [7, 11) is -3.46. The number of rotatable bonds is 5. The third kappa shape index (κ3) is 3.97. The minimum atomic E-state index is -3.46. The molecule has 0 aromatic heterocycles. The van der Waals surface area contributed by atoms with Gasteiger partial charge in [0, 0.05) is 18.7 Å². The zero-order valence-corrected chi connectivity index (χ0v) is 14.4. The Labute approximate surface area is 147 Å². The lowest BCUT2D eigenvalue weighted by molar-refractivity contribution is 0.104. The number of aromatic hydroxyl groups is 1. The van der Waals surface area contributed by atoms with Crippen LogP contribution in [0.5, 0.6) is 5.75 Å². The van der Waals surface area contributed by atoms with E-state index in [-0.39, 0.29) is 16.4 Å². The van der Waals surface area contributed by atoms with Crippen molar-refractivity contribution in [2.45, 2.75) is 17.7 Å². The first kappa shape index (κ1) is 17.4. The molecule has 1 saturated heterocycles. The third-order valence-electron chi connectivity index (χ3n) is 4.14. The van der Waals surface area contributed by atoms with E-state index in [1.165, 1.54) is 34.6 Å². The Bertz CT molecular complexity index is 895. The lowest BCUT2D eigenvalue weighted by Gasteiger charge is -2.15. The third-order valence-corrected chi connectivity index (χ3v) is 6.05. The number of hydrogen-bond acceptors (Lipinski definition) is 4. The summed E-state index contributed by atoms with van der Waals surface area (Å²) in [5.41, 5.74) is 1.12. The number of sulfonamides is 1. The monoisotopic (exact) mass is 357 g/mol. The zero-order chi connectivity index (χ0) is 17.9. The Kier molecular flexibility index (Phi) is 5.01. The SMILES string of the molecule is O=C(C=Cc1cccc(O)c1)c1ccc(S(=O)(=O)N2CCCC2)cc1. The standard InChI is InChI=1S/C19H19NO4S/c21-17-5-3-4-15(14-17)6-11-19(22)16-7-9-18(10-8-16)25(23,24)20-12-1-2-13-20/h3-11,14,21H,1-2,12-13H2. The summed E-state index contributed by atoms with van der Waals surface area (Å²) in [6.07, 6.45) is 4.78. The van der Waals surface area contributed by atoms with Gasteiger partial charge in [0.2, 0.25) is 10.0 Å². The van der Waals surface area contributed by atoms with Crippen LogP contribution in [-0.2, 0) is 10.0 Å². The van der Waals surface area contributed by atoms with Gasteiger partial charge in [-0.05, 0) is 60.9 Å². The van der Waals surface area contributed by atoms with Crippen molar-refractivity contribution in [2.75, 3.05) is 13.1 Å². The summed E-state index contributed by atoms with van der Waals surface area (Å²) in [5.74, 6) is -0.0977. The molecule has 5 nitrogen and oxygen atoms in total. The summed E-state index contributed by atoms with van der Waals surface area (Å²) in [6, 6.07) is 12.6. The molecule has 2 aromatic rings. The molecule has 0 atom stereocenters. The van der Waals surface area contributed by atoms with Crippen molar-refractivity contribution in [3.8, 4) is 5.75 Å². The molecule has 1 N–H and O–H groups in total. The molecule has 25 heavy (non-hydrogen) atoms. The molecule has 3 rings (SSSR count). The van der Waals surface area contributed by atoms with Gasteiger partial charge in [0.05, 0.1) is 4.90 Å². The van der Waals surface area contributed by atoms with Crippen molar-refractivity contribution < 1.29 is 18.3 Å². The maximum absolute atomic E-state index is 12.5. The number of nitrogens with zero attached hydrogens (tertiary/aromatic N) is 1. The van der Waals surface area contributed by atoms with Crippen LogP contribution in [-0.4, -0.2) is 36.7 Å². The van der Waals surface area contributed by atoms with E-state index in [0.29, 0.717) is 24.2 Å². The first-order valence-corrected chi connectivity index (χ1v) is 9.52. The maximum Gasteiger partial charge on any atom is 0.243 e. The molecule has 2 aromatic carbocycles. The summed E-state index contributed by atoms with van der Waals surface area (Å²) in [6.45, 7) is 1.10. The summed E-state index contributed by atoms with van der Waals surface area (Å²) < 4.78 is 26.4. The van der Waals surface area contributed by atoms with Crippen LogP contribution in [0, 0.1) is 0 Å². The van der Waals surface area contributed by atoms with Crippen molar-refractivity contribution in [3.63, 3.8) is 0 Å². The summed E-state index contributed by atoms with van der Waals surface area (Å²) in [4.78, 5) is 12.4. The van der Waals surface area contributed by atoms with Crippen molar-refractivity contribution in [2.24, 2.45) is 0 Å². The van der Waals surface area contributed by atoms with Crippen LogP contribution in [0.25, 0.3) is 6.08 Å². The number of phenols is 1. The molecule has 0 spiro atoms. The molecule has 1 fully saturated rings. The van der Waals surface area contributed by atoms with Crippen LogP contribution in [0.1, 0.15) is 28.8 Å². The van der Waals surface area contributed by atoms with Gasteiger partial charge in [0.25, 0.3) is 0 Å². The second kappa shape index (κ2) is 7.21. The van der Waals surface area contributed by atoms with Crippen LogP contribution >= 0.6 is 0 Å². The predicted molar refractivity (Wildman–Crippen MR) is 95.9 cm³/mol. The summed E-state index contributed by atoms with van der Waals surface area (Å²) in [5, 5.41) is 9.41. The minimum Gasteiger partial charge on any atom is -0.508 e. The highest BCUT2D eigenvalue weighted by Gasteiger charge is 2.26. The Balaban J connectivity index is 1.74. The molecular formula is C19H19NO4S. The molecule has 0 aliphatic carbocycles. The second-order valence-electron chi connectivity index (χ2n) is 5.93. The Hall–Kier alpha value is -2.44. The van der Waals surface area contributed by atoms with Gasteiger partial charge in [-0.25, -0.2) is 8.42 Å². The van der Waals surface area contributed by atoms with Gasteiger partial charge < -0.3 is 5.11 Å². The molecule has 1 aliphatic heterocycles. The number of ketones is 1. The highest BCUT2D eigenvalue weighted by atomic mass is 32.2. The molecule has 0 unspecified atom stereocenters. The van der Waals surface area contributed by atoms with E-state index >= 15 is 0 Å². The number of benzene rings is 2. The highest BCUT2D eigenvalue weighted by Crippen LogP contribution is 2.21. The van der Waals surface area contributed by atoms with E-state index in [1.54, 1.807) is 30.3 Å². The highest BCUT2D eigenvalue weighted by molar-refractivity contribution is 7.89. The minimum absolute atomic E-state index is 0.131. The maximum atomic E-state index is 12.5. The molecular weight excluding hydrogens is 338 g/mol. The van der Waals surface area contributed by atoms with Gasteiger partial charge in [-0.1, -0.05) is 18.2 Å². The summed E-state index contributed by atoms with van der Waals surface area (Å²) >= 11 is 0. The Morgan fingerprint density at radius 3 is 2.36 bits per heavy atom. The van der Waals surface area contributed by atoms with Crippen LogP contribution in [0.15, 0.2) is 59.5 Å². The number of phenolic OH excluding ortho intramolecular Hbond substituents is 1. The van der Waals surface area contributed by atoms with Crippen molar-refractivity contribution >= 4 is 21.9 Å².